The highest BCUT2D eigenvalue weighted by Crippen LogP contribution is 2.27. The van der Waals surface area contributed by atoms with Crippen LogP contribution in [0.15, 0.2) is 16.6 Å². The van der Waals surface area contributed by atoms with Gasteiger partial charge in [-0.1, -0.05) is 19.3 Å². The maximum atomic E-state index is 12.3. The first-order valence-corrected chi connectivity index (χ1v) is 10.4. The van der Waals surface area contributed by atoms with Gasteiger partial charge in [-0.2, -0.15) is 0 Å². The number of nitrogens with one attached hydrogen (secondary N) is 1. The molecule has 7 heteroatoms. The van der Waals surface area contributed by atoms with Gasteiger partial charge in [0.25, 0.3) is 0 Å². The Morgan fingerprint density at radius 2 is 1.81 bits per heavy atom. The lowest BCUT2D eigenvalue weighted by Crippen LogP contribution is -2.30. The number of halogens is 1. The van der Waals surface area contributed by atoms with Gasteiger partial charge in [-0.25, -0.2) is 4.79 Å². The van der Waals surface area contributed by atoms with Crippen molar-refractivity contribution in [3.05, 3.63) is 27.7 Å². The van der Waals surface area contributed by atoms with E-state index in [4.69, 9.17) is 15.2 Å². The average Bonchev–Trinajstić information content (AvgIpc) is 2.66. The summed E-state index contributed by atoms with van der Waals surface area (Å²) >= 11 is 3.44. The molecule has 150 valence electrons. The summed E-state index contributed by atoms with van der Waals surface area (Å²) in [7, 11) is 0. The van der Waals surface area contributed by atoms with E-state index in [2.05, 4.69) is 21.2 Å². The Hall–Kier alpha value is -1.60. The zero-order chi connectivity index (χ0) is 19.6. The van der Waals surface area contributed by atoms with Gasteiger partial charge in [0.05, 0.1) is 24.5 Å². The van der Waals surface area contributed by atoms with Crippen molar-refractivity contribution in [1.82, 2.24) is 5.32 Å². The van der Waals surface area contributed by atoms with Crippen molar-refractivity contribution < 1.29 is 19.1 Å². The molecule has 3 N–H and O–H groups in total. The molecule has 6 nitrogen and oxygen atoms in total. The molecule has 1 aromatic rings. The van der Waals surface area contributed by atoms with Crippen LogP contribution in [0, 0.1) is 0 Å². The van der Waals surface area contributed by atoms with Crippen LogP contribution in [0.5, 0.6) is 0 Å². The summed E-state index contributed by atoms with van der Waals surface area (Å²) in [4.78, 5) is 23.0. The molecule has 1 aliphatic rings. The van der Waals surface area contributed by atoms with E-state index in [1.165, 1.54) is 39.0 Å². The summed E-state index contributed by atoms with van der Waals surface area (Å²) in [5.41, 5.74) is 8.20. The minimum atomic E-state index is -0.373. The van der Waals surface area contributed by atoms with E-state index in [-0.39, 0.29) is 18.5 Å². The van der Waals surface area contributed by atoms with Gasteiger partial charge in [0.1, 0.15) is 0 Å². The van der Waals surface area contributed by atoms with Crippen molar-refractivity contribution in [2.75, 3.05) is 18.9 Å². The lowest BCUT2D eigenvalue weighted by atomic mass is 9.95. The molecule has 2 rings (SSSR count). The first-order valence-electron chi connectivity index (χ1n) is 9.59. The highest BCUT2D eigenvalue weighted by atomic mass is 79.9. The van der Waals surface area contributed by atoms with E-state index < -0.39 is 0 Å². The number of carbonyl (C=O) groups is 2. The SMILES string of the molecule is CC(=O)OCCCCOC(=O)c1cc(Br)c(N)c(CNC2CCCCC2)c1. The predicted octanol–water partition coefficient (Wildman–Crippen LogP) is 3.95. The number of hydrogen-bond donors (Lipinski definition) is 2. The summed E-state index contributed by atoms with van der Waals surface area (Å²) in [5, 5.41) is 3.55. The van der Waals surface area contributed by atoms with Crippen LogP contribution < -0.4 is 11.1 Å². The van der Waals surface area contributed by atoms with E-state index in [1.807, 2.05) is 0 Å². The second-order valence-corrected chi connectivity index (χ2v) is 7.78. The normalized spacial score (nSPS) is 14.7. The topological polar surface area (TPSA) is 90.7 Å². The molecular formula is C20H29BrN2O4. The number of unbranched alkanes of at least 4 members (excludes halogenated alkanes) is 1. The third kappa shape index (κ3) is 7.50. The van der Waals surface area contributed by atoms with Crippen molar-refractivity contribution >= 4 is 33.6 Å². The van der Waals surface area contributed by atoms with Crippen LogP contribution in [-0.4, -0.2) is 31.2 Å². The number of ether oxygens (including phenoxy) is 2. The standard InChI is InChI=1S/C20H29BrN2O4/c1-14(24)26-9-5-6-10-27-20(25)15-11-16(19(22)18(21)12-15)13-23-17-7-3-2-4-8-17/h11-12,17,23H,2-10,13,22H2,1H3. The summed E-state index contributed by atoms with van der Waals surface area (Å²) in [6, 6.07) is 4.02. The Morgan fingerprint density at radius 1 is 1.15 bits per heavy atom. The third-order valence-electron chi connectivity index (χ3n) is 4.71. The first kappa shape index (κ1) is 21.7. The van der Waals surface area contributed by atoms with Gasteiger partial charge >= 0.3 is 11.9 Å². The van der Waals surface area contributed by atoms with Crippen LogP contribution in [0.1, 0.15) is 67.8 Å². The molecule has 0 atom stereocenters. The maximum absolute atomic E-state index is 12.3. The van der Waals surface area contributed by atoms with Gasteiger partial charge in [0.2, 0.25) is 0 Å². The Morgan fingerprint density at radius 3 is 2.48 bits per heavy atom. The largest absolute Gasteiger partial charge is 0.466 e. The van der Waals surface area contributed by atoms with E-state index in [0.717, 1.165) is 5.56 Å². The number of benzene rings is 1. The van der Waals surface area contributed by atoms with E-state index in [9.17, 15) is 9.59 Å². The van der Waals surface area contributed by atoms with Crippen LogP contribution in [-0.2, 0) is 20.8 Å². The van der Waals surface area contributed by atoms with E-state index >= 15 is 0 Å². The molecule has 1 aromatic carbocycles. The molecule has 0 spiro atoms. The summed E-state index contributed by atoms with van der Waals surface area (Å²) in [6.45, 7) is 2.65. The number of nitrogen functional groups attached to an aromatic ring is 1. The Labute approximate surface area is 169 Å². The molecule has 27 heavy (non-hydrogen) atoms. The van der Waals surface area contributed by atoms with Crippen molar-refractivity contribution in [2.45, 2.75) is 64.5 Å². The van der Waals surface area contributed by atoms with Crippen molar-refractivity contribution in [1.29, 1.82) is 0 Å². The summed E-state index contributed by atoms with van der Waals surface area (Å²) in [5.74, 6) is -0.671. The summed E-state index contributed by atoms with van der Waals surface area (Å²) in [6.07, 6.45) is 7.53. The fourth-order valence-corrected chi connectivity index (χ4v) is 3.67. The number of esters is 2. The monoisotopic (exact) mass is 440 g/mol. The highest BCUT2D eigenvalue weighted by Gasteiger charge is 2.16. The number of rotatable bonds is 9. The molecule has 0 aromatic heterocycles. The zero-order valence-electron chi connectivity index (χ0n) is 15.9. The van der Waals surface area contributed by atoms with Gasteiger partial charge < -0.3 is 20.5 Å². The van der Waals surface area contributed by atoms with Gasteiger partial charge in [0, 0.05) is 24.0 Å². The minimum absolute atomic E-state index is 0.289. The molecule has 0 heterocycles. The fraction of sp³-hybridized carbons (Fsp3) is 0.600. The number of carbonyl (C=O) groups excluding carboxylic acids is 2. The Kier molecular flexibility index (Phi) is 9.07. The fourth-order valence-electron chi connectivity index (χ4n) is 3.17. The third-order valence-corrected chi connectivity index (χ3v) is 5.37. The minimum Gasteiger partial charge on any atom is -0.466 e. The van der Waals surface area contributed by atoms with Gasteiger partial charge in [-0.15, -0.1) is 0 Å². The summed E-state index contributed by atoms with van der Waals surface area (Å²) < 4.78 is 10.9. The number of anilines is 1. The molecule has 0 amide bonds. The molecule has 0 unspecified atom stereocenters. The smallest absolute Gasteiger partial charge is 0.338 e. The lowest BCUT2D eigenvalue weighted by Gasteiger charge is -2.23. The highest BCUT2D eigenvalue weighted by molar-refractivity contribution is 9.10. The second-order valence-electron chi connectivity index (χ2n) is 6.93. The van der Waals surface area contributed by atoms with Crippen molar-refractivity contribution in [3.8, 4) is 0 Å². The maximum Gasteiger partial charge on any atom is 0.338 e. The molecule has 1 aliphatic carbocycles. The van der Waals surface area contributed by atoms with Gasteiger partial charge in [-0.05, 0) is 59.3 Å². The number of hydrogen-bond acceptors (Lipinski definition) is 6. The number of nitrogens with two attached hydrogens (primary N) is 1. The Bertz CT molecular complexity index is 645. The van der Waals surface area contributed by atoms with Crippen LogP contribution in [0.4, 0.5) is 5.69 Å². The zero-order valence-corrected chi connectivity index (χ0v) is 17.5. The quantitative estimate of drug-likeness (QED) is 0.343. The lowest BCUT2D eigenvalue weighted by molar-refractivity contribution is -0.141. The molecule has 0 radical (unpaired) electrons. The van der Waals surface area contributed by atoms with Gasteiger partial charge in [-0.3, -0.25) is 4.79 Å². The molecular weight excluding hydrogens is 412 g/mol. The van der Waals surface area contributed by atoms with Gasteiger partial charge in [0.15, 0.2) is 0 Å². The molecule has 0 aliphatic heterocycles. The van der Waals surface area contributed by atoms with Crippen LogP contribution in [0.3, 0.4) is 0 Å². The predicted molar refractivity (Wildman–Crippen MR) is 108 cm³/mol. The van der Waals surface area contributed by atoms with Crippen LogP contribution in [0.2, 0.25) is 0 Å². The van der Waals surface area contributed by atoms with Crippen LogP contribution >= 0.6 is 15.9 Å². The second kappa shape index (κ2) is 11.3. The molecule has 0 bridgehead atoms. The van der Waals surface area contributed by atoms with E-state index in [1.54, 1.807) is 12.1 Å². The van der Waals surface area contributed by atoms with E-state index in [0.29, 0.717) is 47.8 Å². The molecule has 1 fully saturated rings. The van der Waals surface area contributed by atoms with Crippen molar-refractivity contribution in [3.63, 3.8) is 0 Å². The average molecular weight is 441 g/mol. The Balaban J connectivity index is 1.85. The van der Waals surface area contributed by atoms with Crippen molar-refractivity contribution in [2.24, 2.45) is 0 Å². The molecule has 0 saturated heterocycles. The molecule has 1 saturated carbocycles. The first-order chi connectivity index (χ1) is 13.0. The van der Waals surface area contributed by atoms with Crippen LogP contribution in [0.25, 0.3) is 0 Å².